The molecule has 0 aliphatic rings. The van der Waals surface area contributed by atoms with Crippen molar-refractivity contribution in [1.29, 1.82) is 0 Å². The summed E-state index contributed by atoms with van der Waals surface area (Å²) in [6.07, 6.45) is 4.23. The van der Waals surface area contributed by atoms with Crippen molar-refractivity contribution in [2.45, 2.75) is 13.3 Å². The molecule has 6 heteroatoms. The van der Waals surface area contributed by atoms with Crippen LogP contribution in [-0.4, -0.2) is 19.5 Å². The molecule has 2 aromatic heterocycles. The van der Waals surface area contributed by atoms with Gasteiger partial charge in [0.25, 0.3) is 5.56 Å². The van der Waals surface area contributed by atoms with Crippen LogP contribution in [0.1, 0.15) is 12.6 Å². The minimum atomic E-state index is -0.106. The van der Waals surface area contributed by atoms with E-state index in [0.29, 0.717) is 15.2 Å². The fourth-order valence-electron chi connectivity index (χ4n) is 1.44. The Morgan fingerprint density at radius 2 is 2.31 bits per heavy atom. The molecule has 0 bridgehead atoms. The number of rotatable bonds is 2. The van der Waals surface area contributed by atoms with Crippen molar-refractivity contribution >= 4 is 22.6 Å². The lowest BCUT2D eigenvalue weighted by Crippen LogP contribution is -2.17. The number of imidazole rings is 1. The van der Waals surface area contributed by atoms with Crippen LogP contribution in [0.15, 0.2) is 17.2 Å². The van der Waals surface area contributed by atoms with E-state index in [0.717, 1.165) is 12.1 Å². The van der Waals surface area contributed by atoms with Gasteiger partial charge < -0.3 is 9.55 Å². The average molecular weight is 330 g/mol. The Morgan fingerprint density at radius 1 is 1.56 bits per heavy atom. The number of aromatic amines is 1. The second-order valence-electron chi connectivity index (χ2n) is 3.39. The van der Waals surface area contributed by atoms with Gasteiger partial charge in [-0.15, -0.1) is 0 Å². The zero-order valence-electron chi connectivity index (χ0n) is 8.99. The quantitative estimate of drug-likeness (QED) is 0.845. The summed E-state index contributed by atoms with van der Waals surface area (Å²) in [5, 5.41) is 0. The molecule has 1 N–H and O–H groups in total. The number of nitrogens with zero attached hydrogens (tertiary/aromatic N) is 3. The molecule has 0 radical (unpaired) electrons. The van der Waals surface area contributed by atoms with E-state index in [4.69, 9.17) is 0 Å². The van der Waals surface area contributed by atoms with Crippen LogP contribution in [0.2, 0.25) is 0 Å². The number of halogens is 1. The molecule has 0 aliphatic carbocycles. The molecule has 0 atom stereocenters. The molecule has 0 spiro atoms. The fourth-order valence-corrected chi connectivity index (χ4v) is 2.08. The number of nitrogens with one attached hydrogen (secondary N) is 1. The monoisotopic (exact) mass is 330 g/mol. The predicted molar refractivity (Wildman–Crippen MR) is 69.2 cm³/mol. The van der Waals surface area contributed by atoms with E-state index >= 15 is 0 Å². The van der Waals surface area contributed by atoms with Gasteiger partial charge in [0.1, 0.15) is 0 Å². The first kappa shape index (κ1) is 11.3. The fraction of sp³-hybridized carbons (Fsp3) is 0.300. The maximum Gasteiger partial charge on any atom is 0.264 e. The highest BCUT2D eigenvalue weighted by atomic mass is 127. The zero-order chi connectivity index (χ0) is 11.7. The summed E-state index contributed by atoms with van der Waals surface area (Å²) in [5.41, 5.74) is 0.702. The molecule has 0 amide bonds. The first-order chi connectivity index (χ1) is 7.63. The van der Waals surface area contributed by atoms with E-state index in [1.54, 1.807) is 6.20 Å². The third-order valence-electron chi connectivity index (χ3n) is 2.30. The summed E-state index contributed by atoms with van der Waals surface area (Å²) >= 11 is 2.01. The normalized spacial score (nSPS) is 10.7. The summed E-state index contributed by atoms with van der Waals surface area (Å²) in [6, 6.07) is 0. The summed E-state index contributed by atoms with van der Waals surface area (Å²) in [7, 11) is 1.87. The van der Waals surface area contributed by atoms with Crippen molar-refractivity contribution in [1.82, 2.24) is 19.5 Å². The molecule has 0 aliphatic heterocycles. The lowest BCUT2D eigenvalue weighted by molar-refractivity contribution is 0.885. The minimum Gasteiger partial charge on any atom is -0.331 e. The first-order valence-electron chi connectivity index (χ1n) is 4.90. The van der Waals surface area contributed by atoms with Gasteiger partial charge in [-0.1, -0.05) is 6.92 Å². The standard InChI is InChI=1S/C10H11IN4O/c1-3-6-7(11)10(16)14-8(13-6)9-12-4-5-15(9)2/h4-5H,3H2,1-2H3,(H,13,14,16). The molecular formula is C10H11IN4O. The van der Waals surface area contributed by atoms with Crippen LogP contribution in [-0.2, 0) is 13.5 Å². The number of aryl methyl sites for hydroxylation is 2. The van der Waals surface area contributed by atoms with Crippen LogP contribution in [0, 0.1) is 3.57 Å². The Hall–Kier alpha value is -1.18. The van der Waals surface area contributed by atoms with Crippen molar-refractivity contribution < 1.29 is 0 Å². The van der Waals surface area contributed by atoms with E-state index in [9.17, 15) is 4.79 Å². The highest BCUT2D eigenvalue weighted by molar-refractivity contribution is 14.1. The van der Waals surface area contributed by atoms with Crippen LogP contribution in [0.3, 0.4) is 0 Å². The van der Waals surface area contributed by atoms with Crippen LogP contribution in [0.25, 0.3) is 11.6 Å². The summed E-state index contributed by atoms with van der Waals surface area (Å²) in [6.45, 7) is 1.98. The summed E-state index contributed by atoms with van der Waals surface area (Å²) in [5.74, 6) is 1.19. The highest BCUT2D eigenvalue weighted by Gasteiger charge is 2.11. The van der Waals surface area contributed by atoms with Crippen molar-refractivity contribution in [2.75, 3.05) is 0 Å². The van der Waals surface area contributed by atoms with E-state index in [1.807, 2.05) is 47.3 Å². The Kier molecular flexibility index (Phi) is 3.08. The maximum atomic E-state index is 11.7. The van der Waals surface area contributed by atoms with E-state index < -0.39 is 0 Å². The second-order valence-corrected chi connectivity index (χ2v) is 4.47. The second kappa shape index (κ2) is 4.36. The number of aromatic nitrogens is 4. The lowest BCUT2D eigenvalue weighted by Gasteiger charge is -2.04. The molecule has 0 aromatic carbocycles. The Morgan fingerprint density at radius 3 is 2.88 bits per heavy atom. The molecule has 2 aromatic rings. The van der Waals surface area contributed by atoms with Crippen LogP contribution < -0.4 is 5.56 Å². The van der Waals surface area contributed by atoms with Crippen LogP contribution in [0.5, 0.6) is 0 Å². The van der Waals surface area contributed by atoms with Gasteiger partial charge in [0.2, 0.25) is 0 Å². The topological polar surface area (TPSA) is 63.6 Å². The van der Waals surface area contributed by atoms with Gasteiger partial charge in [-0.25, -0.2) is 9.97 Å². The average Bonchev–Trinajstić information content (AvgIpc) is 2.68. The smallest absolute Gasteiger partial charge is 0.264 e. The molecule has 16 heavy (non-hydrogen) atoms. The van der Waals surface area contributed by atoms with Gasteiger partial charge in [-0.05, 0) is 29.0 Å². The summed E-state index contributed by atoms with van der Waals surface area (Å²) < 4.78 is 2.47. The number of hydrogen-bond acceptors (Lipinski definition) is 3. The van der Waals surface area contributed by atoms with Gasteiger partial charge in [0.15, 0.2) is 11.6 Å². The van der Waals surface area contributed by atoms with Gasteiger partial charge in [-0.2, -0.15) is 0 Å². The molecular weight excluding hydrogens is 319 g/mol. The zero-order valence-corrected chi connectivity index (χ0v) is 11.1. The molecule has 0 fully saturated rings. The van der Waals surface area contributed by atoms with E-state index in [-0.39, 0.29) is 5.56 Å². The molecule has 0 saturated carbocycles. The molecule has 2 heterocycles. The van der Waals surface area contributed by atoms with Crippen molar-refractivity contribution in [2.24, 2.45) is 7.05 Å². The van der Waals surface area contributed by atoms with E-state index in [2.05, 4.69) is 15.0 Å². The minimum absolute atomic E-state index is 0.106. The van der Waals surface area contributed by atoms with Crippen molar-refractivity contribution in [3.8, 4) is 11.6 Å². The number of H-pyrrole nitrogens is 1. The lowest BCUT2D eigenvalue weighted by atomic mass is 10.3. The number of hydrogen-bond donors (Lipinski definition) is 1. The molecule has 0 saturated heterocycles. The Bertz CT molecular complexity index is 572. The van der Waals surface area contributed by atoms with Crippen molar-refractivity contribution in [3.63, 3.8) is 0 Å². The van der Waals surface area contributed by atoms with Gasteiger partial charge in [-0.3, -0.25) is 4.79 Å². The highest BCUT2D eigenvalue weighted by Crippen LogP contribution is 2.12. The molecule has 2 rings (SSSR count). The molecule has 5 nitrogen and oxygen atoms in total. The Labute approximate surface area is 106 Å². The van der Waals surface area contributed by atoms with Gasteiger partial charge in [0, 0.05) is 19.4 Å². The predicted octanol–water partition coefficient (Wildman–Crippen LogP) is 1.34. The Balaban J connectivity index is 2.64. The SMILES string of the molecule is CCc1nc(-c2nccn2C)[nH]c(=O)c1I. The molecule has 0 unspecified atom stereocenters. The molecule has 84 valence electrons. The maximum absolute atomic E-state index is 11.7. The van der Waals surface area contributed by atoms with E-state index in [1.165, 1.54) is 0 Å². The third kappa shape index (κ3) is 1.89. The third-order valence-corrected chi connectivity index (χ3v) is 3.41. The van der Waals surface area contributed by atoms with Crippen LogP contribution in [0.4, 0.5) is 0 Å². The van der Waals surface area contributed by atoms with Gasteiger partial charge in [0.05, 0.1) is 9.26 Å². The van der Waals surface area contributed by atoms with Gasteiger partial charge >= 0.3 is 0 Å². The summed E-state index contributed by atoms with van der Waals surface area (Å²) in [4.78, 5) is 23.0. The first-order valence-corrected chi connectivity index (χ1v) is 5.97. The van der Waals surface area contributed by atoms with Crippen molar-refractivity contribution in [3.05, 3.63) is 32.0 Å². The van der Waals surface area contributed by atoms with Crippen LogP contribution >= 0.6 is 22.6 Å². The largest absolute Gasteiger partial charge is 0.331 e.